The number of hydrogen-bond acceptors (Lipinski definition) is 5. The Labute approximate surface area is 157 Å². The van der Waals surface area contributed by atoms with Crippen LogP contribution in [0, 0.1) is 0 Å². The predicted molar refractivity (Wildman–Crippen MR) is 99.9 cm³/mol. The van der Waals surface area contributed by atoms with E-state index in [4.69, 9.17) is 9.15 Å². The van der Waals surface area contributed by atoms with Crippen LogP contribution in [0.2, 0.25) is 0 Å². The fourth-order valence-electron chi connectivity index (χ4n) is 3.14. The van der Waals surface area contributed by atoms with E-state index in [1.54, 1.807) is 18.0 Å². The molecule has 0 fully saturated rings. The highest BCUT2D eigenvalue weighted by Crippen LogP contribution is 2.23. The second-order valence-electron chi connectivity index (χ2n) is 6.26. The third-order valence-electron chi connectivity index (χ3n) is 4.55. The smallest absolute Gasteiger partial charge is 0.315 e. The number of H-pyrrole nitrogens is 1. The lowest BCUT2D eigenvalue weighted by molar-refractivity contribution is -0.149. The zero-order valence-corrected chi connectivity index (χ0v) is 15.5. The van der Waals surface area contributed by atoms with E-state index in [2.05, 4.69) is 9.97 Å². The molecule has 0 bridgehead atoms. The average molecular weight is 369 g/mol. The summed E-state index contributed by atoms with van der Waals surface area (Å²) in [5.41, 5.74) is 2.17. The zero-order chi connectivity index (χ0) is 19.2. The number of benzene rings is 1. The number of rotatable bonds is 8. The van der Waals surface area contributed by atoms with Gasteiger partial charge in [0.25, 0.3) is 0 Å². The maximum absolute atomic E-state index is 12.7. The maximum Gasteiger partial charge on any atom is 0.315 e. The van der Waals surface area contributed by atoms with Crippen LogP contribution in [0.5, 0.6) is 0 Å². The molecule has 1 aromatic carbocycles. The number of fused-ring (bicyclic) bond motifs is 1. The number of aromatic nitrogens is 2. The van der Waals surface area contributed by atoms with Gasteiger partial charge in [0.15, 0.2) is 6.39 Å². The van der Waals surface area contributed by atoms with Crippen molar-refractivity contribution in [3.05, 3.63) is 54.4 Å². The van der Waals surface area contributed by atoms with E-state index in [1.165, 1.54) is 6.39 Å². The molecule has 1 amide bonds. The first kappa shape index (κ1) is 18.7. The third-order valence-corrected chi connectivity index (χ3v) is 4.55. The molecular formula is C20H23N3O4. The fraction of sp³-hybridized carbons (Fsp3) is 0.350. The number of amides is 1. The second-order valence-corrected chi connectivity index (χ2v) is 6.26. The molecule has 0 unspecified atom stereocenters. The first-order chi connectivity index (χ1) is 13.1. The number of esters is 1. The quantitative estimate of drug-likeness (QED) is 0.486. The Balaban J connectivity index is 1.76. The molecule has 0 aliphatic heterocycles. The summed E-state index contributed by atoms with van der Waals surface area (Å²) in [4.78, 5) is 33.3. The molecule has 0 aliphatic carbocycles. The van der Waals surface area contributed by atoms with Gasteiger partial charge in [-0.05, 0) is 31.9 Å². The molecular weight excluding hydrogens is 346 g/mol. The van der Waals surface area contributed by atoms with Crippen LogP contribution in [-0.2, 0) is 20.7 Å². The van der Waals surface area contributed by atoms with Crippen molar-refractivity contribution in [1.29, 1.82) is 0 Å². The SMILES string of the molecule is CCOC(=O)CC(=O)N(CCc1c[nH]c2ccccc12)[C@@H](C)c1cnco1. The number of nitrogens with one attached hydrogen (secondary N) is 1. The van der Waals surface area contributed by atoms with Crippen LogP contribution >= 0.6 is 0 Å². The predicted octanol–water partition coefficient (Wildman–Crippen LogP) is 3.24. The zero-order valence-electron chi connectivity index (χ0n) is 15.5. The van der Waals surface area contributed by atoms with Gasteiger partial charge in [-0.2, -0.15) is 0 Å². The molecule has 3 aromatic rings. The Kier molecular flexibility index (Phi) is 5.90. The van der Waals surface area contributed by atoms with E-state index < -0.39 is 5.97 Å². The summed E-state index contributed by atoms with van der Waals surface area (Å²) in [5, 5.41) is 1.13. The summed E-state index contributed by atoms with van der Waals surface area (Å²) >= 11 is 0. The summed E-state index contributed by atoms with van der Waals surface area (Å²) in [6.45, 7) is 4.27. The minimum Gasteiger partial charge on any atom is -0.466 e. The minimum absolute atomic E-state index is 0.249. The van der Waals surface area contributed by atoms with E-state index in [0.717, 1.165) is 16.5 Å². The van der Waals surface area contributed by atoms with Gasteiger partial charge in [0, 0.05) is 23.6 Å². The summed E-state index contributed by atoms with van der Waals surface area (Å²) in [6.07, 6.45) is 5.23. The molecule has 2 aromatic heterocycles. The van der Waals surface area contributed by atoms with Gasteiger partial charge < -0.3 is 19.0 Å². The van der Waals surface area contributed by atoms with Crippen molar-refractivity contribution < 1.29 is 18.7 Å². The normalized spacial score (nSPS) is 12.1. The molecule has 3 rings (SSSR count). The number of hydrogen-bond donors (Lipinski definition) is 1. The van der Waals surface area contributed by atoms with Crippen LogP contribution in [0.15, 0.2) is 47.5 Å². The molecule has 0 aliphatic rings. The van der Waals surface area contributed by atoms with Gasteiger partial charge in [0.2, 0.25) is 5.91 Å². The first-order valence-electron chi connectivity index (χ1n) is 8.98. The molecule has 27 heavy (non-hydrogen) atoms. The molecule has 0 saturated heterocycles. The number of nitrogens with zero attached hydrogens (tertiary/aromatic N) is 2. The van der Waals surface area contributed by atoms with Crippen LogP contribution in [0.3, 0.4) is 0 Å². The highest BCUT2D eigenvalue weighted by Gasteiger charge is 2.26. The van der Waals surface area contributed by atoms with E-state index >= 15 is 0 Å². The van der Waals surface area contributed by atoms with Crippen LogP contribution in [0.25, 0.3) is 10.9 Å². The molecule has 2 heterocycles. The van der Waals surface area contributed by atoms with E-state index in [9.17, 15) is 9.59 Å². The molecule has 142 valence electrons. The highest BCUT2D eigenvalue weighted by molar-refractivity contribution is 5.94. The van der Waals surface area contributed by atoms with Gasteiger partial charge >= 0.3 is 5.97 Å². The van der Waals surface area contributed by atoms with Crippen molar-refractivity contribution in [2.75, 3.05) is 13.2 Å². The lowest BCUT2D eigenvalue weighted by Gasteiger charge is -2.27. The Hall–Kier alpha value is -3.09. The van der Waals surface area contributed by atoms with Crippen LogP contribution < -0.4 is 0 Å². The molecule has 0 spiro atoms. The van der Waals surface area contributed by atoms with Gasteiger partial charge in [0.1, 0.15) is 12.2 Å². The summed E-state index contributed by atoms with van der Waals surface area (Å²) in [7, 11) is 0. The largest absolute Gasteiger partial charge is 0.466 e. The van der Waals surface area contributed by atoms with Gasteiger partial charge in [0.05, 0.1) is 18.8 Å². The van der Waals surface area contributed by atoms with Crippen molar-refractivity contribution in [2.45, 2.75) is 32.7 Å². The van der Waals surface area contributed by atoms with Crippen molar-refractivity contribution in [1.82, 2.24) is 14.9 Å². The number of para-hydroxylation sites is 1. The molecule has 7 nitrogen and oxygen atoms in total. The van der Waals surface area contributed by atoms with E-state index in [1.807, 2.05) is 37.4 Å². The molecule has 1 N–H and O–H groups in total. The fourth-order valence-corrected chi connectivity index (χ4v) is 3.14. The number of carbonyl (C=O) groups is 2. The first-order valence-corrected chi connectivity index (χ1v) is 8.98. The second kappa shape index (κ2) is 8.53. The summed E-state index contributed by atoms with van der Waals surface area (Å²) in [5.74, 6) is -0.243. The molecule has 7 heteroatoms. The van der Waals surface area contributed by atoms with Crippen molar-refractivity contribution >= 4 is 22.8 Å². The minimum atomic E-state index is -0.524. The van der Waals surface area contributed by atoms with E-state index in [0.29, 0.717) is 18.7 Å². The maximum atomic E-state index is 12.7. The Bertz CT molecular complexity index is 901. The topological polar surface area (TPSA) is 88.4 Å². The summed E-state index contributed by atoms with van der Waals surface area (Å²) < 4.78 is 10.3. The van der Waals surface area contributed by atoms with Crippen LogP contribution in [0.1, 0.15) is 37.6 Å². The Morgan fingerprint density at radius 1 is 1.33 bits per heavy atom. The van der Waals surface area contributed by atoms with Crippen LogP contribution in [-0.4, -0.2) is 39.9 Å². The summed E-state index contributed by atoms with van der Waals surface area (Å²) in [6, 6.07) is 7.69. The van der Waals surface area contributed by atoms with Gasteiger partial charge in [-0.25, -0.2) is 4.98 Å². The van der Waals surface area contributed by atoms with Crippen molar-refractivity contribution in [3.63, 3.8) is 0 Å². The molecule has 0 saturated carbocycles. The van der Waals surface area contributed by atoms with Gasteiger partial charge in [-0.15, -0.1) is 0 Å². The highest BCUT2D eigenvalue weighted by atomic mass is 16.5. The van der Waals surface area contributed by atoms with Crippen molar-refractivity contribution in [2.24, 2.45) is 0 Å². The number of aromatic amines is 1. The number of ether oxygens (including phenoxy) is 1. The van der Waals surface area contributed by atoms with Gasteiger partial charge in [-0.3, -0.25) is 9.59 Å². The lowest BCUT2D eigenvalue weighted by atomic mass is 10.1. The molecule has 0 radical (unpaired) electrons. The van der Waals surface area contributed by atoms with E-state index in [-0.39, 0.29) is 25.0 Å². The van der Waals surface area contributed by atoms with Crippen LogP contribution in [0.4, 0.5) is 0 Å². The Morgan fingerprint density at radius 3 is 2.89 bits per heavy atom. The molecule has 1 atom stereocenters. The van der Waals surface area contributed by atoms with Crippen molar-refractivity contribution in [3.8, 4) is 0 Å². The third kappa shape index (κ3) is 4.36. The van der Waals surface area contributed by atoms with Gasteiger partial charge in [-0.1, -0.05) is 18.2 Å². The number of carbonyl (C=O) groups excluding carboxylic acids is 2. The standard InChI is InChI=1S/C20H23N3O4/c1-3-26-20(25)10-19(24)23(14(2)18-12-21-13-27-18)9-8-15-11-22-17-7-5-4-6-16(15)17/h4-7,11-14,22H,3,8-10H2,1-2H3/t14-/m0/s1. The Morgan fingerprint density at radius 2 is 2.15 bits per heavy atom. The number of oxazole rings is 1. The monoisotopic (exact) mass is 369 g/mol. The lowest BCUT2D eigenvalue weighted by Crippen LogP contribution is -2.36. The average Bonchev–Trinajstić information content (AvgIpc) is 3.32.